The fourth-order valence-corrected chi connectivity index (χ4v) is 3.68. The second kappa shape index (κ2) is 6.57. The Morgan fingerprint density at radius 2 is 1.96 bits per heavy atom. The van der Waals surface area contributed by atoms with Crippen LogP contribution >= 0.6 is 11.3 Å². The Balaban J connectivity index is 1.62. The van der Waals surface area contributed by atoms with Gasteiger partial charge in [0.1, 0.15) is 28.2 Å². The van der Waals surface area contributed by atoms with Crippen molar-refractivity contribution in [1.82, 2.24) is 24.5 Å². The van der Waals surface area contributed by atoms with Gasteiger partial charge in [-0.05, 0) is 25.5 Å². The number of imidazole rings is 1. The molecule has 26 heavy (non-hydrogen) atoms. The van der Waals surface area contributed by atoms with Gasteiger partial charge in [0.15, 0.2) is 0 Å². The number of benzene rings is 1. The molecule has 0 fully saturated rings. The average molecular weight is 367 g/mol. The summed E-state index contributed by atoms with van der Waals surface area (Å²) in [6.45, 7) is 3.77. The van der Waals surface area contributed by atoms with E-state index in [0.717, 1.165) is 22.1 Å². The molecule has 0 aliphatic carbocycles. The number of nitrogens with zero attached hydrogens (tertiary/aromatic N) is 5. The van der Waals surface area contributed by atoms with Crippen LogP contribution in [0.4, 0.5) is 4.39 Å². The van der Waals surface area contributed by atoms with E-state index >= 15 is 0 Å². The summed E-state index contributed by atoms with van der Waals surface area (Å²) in [5.41, 5.74) is 3.20. The molecule has 0 amide bonds. The fourth-order valence-electron chi connectivity index (χ4n) is 3.09. The molecule has 0 spiro atoms. The molecule has 0 unspecified atom stereocenters. The van der Waals surface area contributed by atoms with Crippen molar-refractivity contribution >= 4 is 22.2 Å². The minimum atomic E-state index is -0.271. The topological polar surface area (TPSA) is 56.5 Å². The molecule has 0 aliphatic rings. The summed E-state index contributed by atoms with van der Waals surface area (Å²) >= 11 is 1.57. The van der Waals surface area contributed by atoms with Crippen LogP contribution in [0.5, 0.6) is 0 Å². The predicted octanol–water partition coefficient (Wildman–Crippen LogP) is 4.03. The van der Waals surface area contributed by atoms with Gasteiger partial charge >= 0.3 is 0 Å². The quantitative estimate of drug-likeness (QED) is 0.546. The maximum atomic E-state index is 14.1. The first-order valence-corrected chi connectivity index (χ1v) is 9.25. The Morgan fingerprint density at radius 3 is 2.73 bits per heavy atom. The predicted molar refractivity (Wildman–Crippen MR) is 101 cm³/mol. The molecule has 3 aromatic heterocycles. The van der Waals surface area contributed by atoms with Crippen LogP contribution < -0.4 is 0 Å². The lowest BCUT2D eigenvalue weighted by atomic mass is 10.1. The number of hydrogen-bond donors (Lipinski definition) is 0. The van der Waals surface area contributed by atoms with Crippen LogP contribution in [0.15, 0.2) is 29.9 Å². The molecular formula is C19H18FN5S. The van der Waals surface area contributed by atoms with Crippen molar-refractivity contribution in [2.24, 2.45) is 7.05 Å². The summed E-state index contributed by atoms with van der Waals surface area (Å²) in [7, 11) is 1.98. The van der Waals surface area contributed by atoms with Crippen LogP contribution in [0, 0.1) is 19.7 Å². The lowest BCUT2D eigenvalue weighted by molar-refractivity contribution is 0.637. The van der Waals surface area contributed by atoms with Gasteiger partial charge in [-0.2, -0.15) is 0 Å². The van der Waals surface area contributed by atoms with Crippen LogP contribution in [0.25, 0.3) is 21.6 Å². The summed E-state index contributed by atoms with van der Waals surface area (Å²) in [5, 5.41) is 3.36. The maximum absolute atomic E-state index is 14.1. The van der Waals surface area contributed by atoms with Crippen molar-refractivity contribution in [3.05, 3.63) is 58.6 Å². The van der Waals surface area contributed by atoms with Gasteiger partial charge in [-0.3, -0.25) is 0 Å². The van der Waals surface area contributed by atoms with Gasteiger partial charge in [0, 0.05) is 37.7 Å². The third kappa shape index (κ3) is 2.99. The highest BCUT2D eigenvalue weighted by Crippen LogP contribution is 2.23. The highest BCUT2D eigenvalue weighted by molar-refractivity contribution is 7.13. The SMILES string of the molecule is Cc1ccc(F)c2c(C)nc(CCc3nc(-c4nccs4)cn3C)nc12. The van der Waals surface area contributed by atoms with Gasteiger partial charge in [0.2, 0.25) is 0 Å². The first-order chi connectivity index (χ1) is 12.5. The molecule has 0 aliphatic heterocycles. The summed E-state index contributed by atoms with van der Waals surface area (Å²) in [6, 6.07) is 3.23. The standard InChI is InChI=1S/C19H18FN5S/c1-11-4-5-13(20)17-12(2)22-15(24-18(11)17)6-7-16-23-14(10-25(16)3)19-21-8-9-26-19/h4-5,8-10H,6-7H2,1-3H3. The van der Waals surface area contributed by atoms with Crippen molar-refractivity contribution in [2.45, 2.75) is 26.7 Å². The molecule has 132 valence electrons. The molecule has 0 radical (unpaired) electrons. The molecule has 4 aromatic rings. The Bertz CT molecular complexity index is 1090. The molecule has 3 heterocycles. The van der Waals surface area contributed by atoms with E-state index in [0.29, 0.717) is 35.3 Å². The number of hydrogen-bond acceptors (Lipinski definition) is 5. The van der Waals surface area contributed by atoms with Crippen molar-refractivity contribution in [1.29, 1.82) is 0 Å². The number of aromatic nitrogens is 5. The zero-order valence-corrected chi connectivity index (χ0v) is 15.6. The highest BCUT2D eigenvalue weighted by Gasteiger charge is 2.13. The Labute approximate surface area is 154 Å². The normalized spacial score (nSPS) is 11.4. The number of fused-ring (bicyclic) bond motifs is 1. The Morgan fingerprint density at radius 1 is 1.12 bits per heavy atom. The lowest BCUT2D eigenvalue weighted by Crippen LogP contribution is -2.05. The van der Waals surface area contributed by atoms with Crippen LogP contribution in [0.3, 0.4) is 0 Å². The minimum Gasteiger partial charge on any atom is -0.337 e. The van der Waals surface area contributed by atoms with Gasteiger partial charge in [-0.1, -0.05) is 6.07 Å². The first kappa shape index (κ1) is 16.8. The van der Waals surface area contributed by atoms with E-state index < -0.39 is 0 Å². The number of halogens is 1. The van der Waals surface area contributed by atoms with Gasteiger partial charge in [0.05, 0.1) is 16.6 Å². The van der Waals surface area contributed by atoms with Crippen molar-refractivity contribution < 1.29 is 4.39 Å². The molecule has 0 N–H and O–H groups in total. The van der Waals surface area contributed by atoms with Crippen LogP contribution in [-0.4, -0.2) is 24.5 Å². The molecule has 0 bridgehead atoms. The third-order valence-electron chi connectivity index (χ3n) is 4.42. The van der Waals surface area contributed by atoms with Crippen molar-refractivity contribution in [2.75, 3.05) is 0 Å². The summed E-state index contributed by atoms with van der Waals surface area (Å²) in [5.74, 6) is 1.39. The molecule has 7 heteroatoms. The Kier molecular flexibility index (Phi) is 4.24. The number of aryl methyl sites for hydroxylation is 5. The number of thiazole rings is 1. The molecular weight excluding hydrogens is 349 g/mol. The highest BCUT2D eigenvalue weighted by atomic mass is 32.1. The van der Waals surface area contributed by atoms with Crippen LogP contribution in [0.1, 0.15) is 22.9 Å². The summed E-state index contributed by atoms with van der Waals surface area (Å²) in [6.07, 6.45) is 5.12. The summed E-state index contributed by atoms with van der Waals surface area (Å²) in [4.78, 5) is 18.1. The average Bonchev–Trinajstić information content (AvgIpc) is 3.26. The van der Waals surface area contributed by atoms with E-state index in [2.05, 4.69) is 19.9 Å². The molecule has 5 nitrogen and oxygen atoms in total. The van der Waals surface area contributed by atoms with E-state index in [1.54, 1.807) is 23.6 Å². The van der Waals surface area contributed by atoms with Gasteiger partial charge in [0.25, 0.3) is 0 Å². The zero-order chi connectivity index (χ0) is 18.3. The largest absolute Gasteiger partial charge is 0.337 e. The third-order valence-corrected chi connectivity index (χ3v) is 5.22. The van der Waals surface area contributed by atoms with E-state index in [4.69, 9.17) is 0 Å². The van der Waals surface area contributed by atoms with E-state index in [1.165, 1.54) is 6.07 Å². The first-order valence-electron chi connectivity index (χ1n) is 8.37. The second-order valence-electron chi connectivity index (χ2n) is 6.30. The molecule has 0 saturated carbocycles. The smallest absolute Gasteiger partial charge is 0.143 e. The lowest BCUT2D eigenvalue weighted by Gasteiger charge is -2.08. The van der Waals surface area contributed by atoms with E-state index in [-0.39, 0.29) is 5.82 Å². The zero-order valence-electron chi connectivity index (χ0n) is 14.8. The van der Waals surface area contributed by atoms with Gasteiger partial charge < -0.3 is 4.57 Å². The molecule has 4 rings (SSSR count). The second-order valence-corrected chi connectivity index (χ2v) is 7.20. The van der Waals surface area contributed by atoms with Gasteiger partial charge in [-0.25, -0.2) is 24.3 Å². The molecule has 1 aromatic carbocycles. The van der Waals surface area contributed by atoms with Crippen LogP contribution in [-0.2, 0) is 19.9 Å². The minimum absolute atomic E-state index is 0.271. The van der Waals surface area contributed by atoms with Gasteiger partial charge in [-0.15, -0.1) is 11.3 Å². The van der Waals surface area contributed by atoms with Crippen LogP contribution in [0.2, 0.25) is 0 Å². The monoisotopic (exact) mass is 367 g/mol. The number of rotatable bonds is 4. The fraction of sp³-hybridized carbons (Fsp3) is 0.263. The summed E-state index contributed by atoms with van der Waals surface area (Å²) < 4.78 is 16.1. The Hall–Kier alpha value is -2.67. The maximum Gasteiger partial charge on any atom is 0.143 e. The van der Waals surface area contributed by atoms with Crippen molar-refractivity contribution in [3.8, 4) is 10.7 Å². The molecule has 0 atom stereocenters. The van der Waals surface area contributed by atoms with E-state index in [1.807, 2.05) is 37.0 Å². The van der Waals surface area contributed by atoms with Crippen molar-refractivity contribution in [3.63, 3.8) is 0 Å². The van der Waals surface area contributed by atoms with E-state index in [9.17, 15) is 4.39 Å². The molecule has 0 saturated heterocycles.